The molecule has 1 aliphatic heterocycles. The van der Waals surface area contributed by atoms with Crippen molar-refractivity contribution in [2.24, 2.45) is 0 Å². The lowest BCUT2D eigenvalue weighted by atomic mass is 10.1. The lowest BCUT2D eigenvalue weighted by Crippen LogP contribution is -2.52. The van der Waals surface area contributed by atoms with Gasteiger partial charge in [0.1, 0.15) is 0 Å². The number of piperazine rings is 1. The molecular formula is C12H16Br2N2OS. The molecule has 1 saturated heterocycles. The molecule has 18 heavy (non-hydrogen) atoms. The van der Waals surface area contributed by atoms with Gasteiger partial charge in [0.25, 0.3) is 5.91 Å². The van der Waals surface area contributed by atoms with Crippen molar-refractivity contribution >= 4 is 49.1 Å². The number of carbonyl (C=O) groups excluding carboxylic acids is 1. The van der Waals surface area contributed by atoms with E-state index in [9.17, 15) is 4.79 Å². The molecular weight excluding hydrogens is 380 g/mol. The number of hydrogen-bond acceptors (Lipinski definition) is 3. The van der Waals surface area contributed by atoms with E-state index in [0.717, 1.165) is 39.2 Å². The third-order valence-corrected chi connectivity index (χ3v) is 6.64. The lowest BCUT2D eigenvalue weighted by molar-refractivity contribution is 0.0546. The molecule has 1 unspecified atom stereocenters. The highest BCUT2D eigenvalue weighted by Crippen LogP contribution is 2.33. The smallest absolute Gasteiger partial charge is 0.264 e. The molecule has 1 aromatic heterocycles. The van der Waals surface area contributed by atoms with Crippen LogP contribution in [0, 0.1) is 0 Å². The Hall–Kier alpha value is 0.0900. The largest absolute Gasteiger partial charge is 0.335 e. The molecule has 0 spiro atoms. The standard InChI is InChI=1S/C12H16Br2N2OS/c1-3-8-7-16(5-4-15(8)2)12(17)10-6-9(13)11(14)18-10/h6,8H,3-5,7H2,1-2H3. The quantitative estimate of drug-likeness (QED) is 0.765. The highest BCUT2D eigenvalue weighted by Gasteiger charge is 2.27. The molecule has 0 N–H and O–H groups in total. The predicted molar refractivity (Wildman–Crippen MR) is 82.3 cm³/mol. The van der Waals surface area contributed by atoms with E-state index in [1.165, 1.54) is 11.3 Å². The highest BCUT2D eigenvalue weighted by molar-refractivity contribution is 9.13. The van der Waals surface area contributed by atoms with Crippen LogP contribution in [0.3, 0.4) is 0 Å². The van der Waals surface area contributed by atoms with Gasteiger partial charge in [-0.3, -0.25) is 9.69 Å². The lowest BCUT2D eigenvalue weighted by Gasteiger charge is -2.38. The van der Waals surface area contributed by atoms with E-state index >= 15 is 0 Å². The minimum atomic E-state index is 0.151. The first-order chi connectivity index (χ1) is 8.52. The molecule has 2 rings (SSSR count). The first-order valence-corrected chi connectivity index (χ1v) is 8.37. The van der Waals surface area contributed by atoms with Gasteiger partial charge in [0.05, 0.1) is 8.66 Å². The zero-order valence-corrected chi connectivity index (χ0v) is 14.4. The zero-order chi connectivity index (χ0) is 13.3. The number of carbonyl (C=O) groups is 1. The van der Waals surface area contributed by atoms with Gasteiger partial charge in [-0.2, -0.15) is 0 Å². The Morgan fingerprint density at radius 3 is 2.78 bits per heavy atom. The Morgan fingerprint density at radius 1 is 1.50 bits per heavy atom. The summed E-state index contributed by atoms with van der Waals surface area (Å²) < 4.78 is 1.93. The van der Waals surface area contributed by atoms with Crippen LogP contribution in [0.25, 0.3) is 0 Å². The molecule has 1 atom stereocenters. The van der Waals surface area contributed by atoms with Gasteiger partial charge in [-0.15, -0.1) is 11.3 Å². The third-order valence-electron chi connectivity index (χ3n) is 3.39. The minimum absolute atomic E-state index is 0.151. The van der Waals surface area contributed by atoms with E-state index in [4.69, 9.17) is 0 Å². The number of likely N-dealkylation sites (N-methyl/N-ethyl adjacent to an activating group) is 1. The molecule has 2 heterocycles. The molecule has 1 aliphatic rings. The van der Waals surface area contributed by atoms with Crippen LogP contribution in [0.4, 0.5) is 0 Å². The Bertz CT molecular complexity index is 430. The monoisotopic (exact) mass is 394 g/mol. The third kappa shape index (κ3) is 2.98. The van der Waals surface area contributed by atoms with Crippen LogP contribution in [-0.4, -0.2) is 48.4 Å². The van der Waals surface area contributed by atoms with Gasteiger partial charge in [-0.1, -0.05) is 6.92 Å². The fourth-order valence-electron chi connectivity index (χ4n) is 2.18. The first-order valence-electron chi connectivity index (χ1n) is 5.97. The van der Waals surface area contributed by atoms with Crippen LogP contribution in [0.1, 0.15) is 23.0 Å². The van der Waals surface area contributed by atoms with Gasteiger partial charge >= 0.3 is 0 Å². The molecule has 0 radical (unpaired) electrons. The van der Waals surface area contributed by atoms with Crippen molar-refractivity contribution in [2.75, 3.05) is 26.7 Å². The second-order valence-electron chi connectivity index (χ2n) is 4.53. The number of halogens is 2. The Balaban J connectivity index is 2.10. The van der Waals surface area contributed by atoms with Gasteiger partial charge < -0.3 is 4.90 Å². The molecule has 1 aromatic rings. The SMILES string of the molecule is CCC1CN(C(=O)c2cc(Br)c(Br)s2)CCN1C. The van der Waals surface area contributed by atoms with E-state index < -0.39 is 0 Å². The summed E-state index contributed by atoms with van der Waals surface area (Å²) in [7, 11) is 2.13. The van der Waals surface area contributed by atoms with Crippen molar-refractivity contribution in [3.63, 3.8) is 0 Å². The van der Waals surface area contributed by atoms with Crippen molar-refractivity contribution in [3.05, 3.63) is 19.2 Å². The van der Waals surface area contributed by atoms with E-state index in [1.807, 2.05) is 11.0 Å². The second-order valence-corrected chi connectivity index (χ2v) is 7.75. The van der Waals surface area contributed by atoms with Crippen LogP contribution in [0.2, 0.25) is 0 Å². The Morgan fingerprint density at radius 2 is 2.22 bits per heavy atom. The molecule has 1 fully saturated rings. The number of amides is 1. The van der Waals surface area contributed by atoms with Crippen molar-refractivity contribution in [1.82, 2.24) is 9.80 Å². The summed E-state index contributed by atoms with van der Waals surface area (Å²) in [6.45, 7) is 4.78. The van der Waals surface area contributed by atoms with Crippen molar-refractivity contribution in [2.45, 2.75) is 19.4 Å². The Kier molecular flexibility index (Phi) is 4.86. The van der Waals surface area contributed by atoms with Gasteiger partial charge in [0, 0.05) is 30.1 Å². The van der Waals surface area contributed by atoms with Gasteiger partial charge in [-0.25, -0.2) is 0 Å². The maximum atomic E-state index is 12.4. The zero-order valence-electron chi connectivity index (χ0n) is 10.4. The first kappa shape index (κ1) is 14.5. The average molecular weight is 396 g/mol. The summed E-state index contributed by atoms with van der Waals surface area (Å²) >= 11 is 8.35. The fraction of sp³-hybridized carbons (Fsp3) is 0.583. The minimum Gasteiger partial charge on any atom is -0.335 e. The van der Waals surface area contributed by atoms with Crippen LogP contribution < -0.4 is 0 Å². The summed E-state index contributed by atoms with van der Waals surface area (Å²) in [6.07, 6.45) is 1.08. The molecule has 0 aromatic carbocycles. The summed E-state index contributed by atoms with van der Waals surface area (Å²) in [6, 6.07) is 2.38. The topological polar surface area (TPSA) is 23.6 Å². The van der Waals surface area contributed by atoms with Crippen LogP contribution in [-0.2, 0) is 0 Å². The van der Waals surface area contributed by atoms with Crippen molar-refractivity contribution < 1.29 is 4.79 Å². The molecule has 6 heteroatoms. The van der Waals surface area contributed by atoms with E-state index in [0.29, 0.717) is 6.04 Å². The normalized spacial score (nSPS) is 21.3. The average Bonchev–Trinajstić information content (AvgIpc) is 2.69. The van der Waals surface area contributed by atoms with Crippen LogP contribution >= 0.6 is 43.2 Å². The molecule has 3 nitrogen and oxygen atoms in total. The van der Waals surface area contributed by atoms with Gasteiger partial charge in [0.2, 0.25) is 0 Å². The van der Waals surface area contributed by atoms with Crippen molar-refractivity contribution in [1.29, 1.82) is 0 Å². The second kappa shape index (κ2) is 6.03. The number of thiophene rings is 1. The highest BCUT2D eigenvalue weighted by atomic mass is 79.9. The van der Waals surface area contributed by atoms with Crippen LogP contribution in [0.5, 0.6) is 0 Å². The van der Waals surface area contributed by atoms with Gasteiger partial charge in [-0.05, 0) is 51.4 Å². The molecule has 1 amide bonds. The molecule has 0 aliphatic carbocycles. The number of nitrogens with zero attached hydrogens (tertiary/aromatic N) is 2. The molecule has 0 saturated carbocycles. The maximum absolute atomic E-state index is 12.4. The van der Waals surface area contributed by atoms with Crippen LogP contribution in [0.15, 0.2) is 14.3 Å². The maximum Gasteiger partial charge on any atom is 0.264 e. The van der Waals surface area contributed by atoms with E-state index in [2.05, 4.69) is 50.7 Å². The summed E-state index contributed by atoms with van der Waals surface area (Å²) in [5, 5.41) is 0. The Labute approximate surface area is 128 Å². The summed E-state index contributed by atoms with van der Waals surface area (Å²) in [4.78, 5) is 17.5. The van der Waals surface area contributed by atoms with E-state index in [-0.39, 0.29) is 5.91 Å². The van der Waals surface area contributed by atoms with Gasteiger partial charge in [0.15, 0.2) is 0 Å². The molecule has 0 bridgehead atoms. The summed E-state index contributed by atoms with van der Waals surface area (Å²) in [5.74, 6) is 0.151. The summed E-state index contributed by atoms with van der Waals surface area (Å²) in [5.41, 5.74) is 0. The molecule has 100 valence electrons. The van der Waals surface area contributed by atoms with Crippen molar-refractivity contribution in [3.8, 4) is 0 Å². The predicted octanol–water partition coefficient (Wildman–Crippen LogP) is 3.44. The fourth-order valence-corrected chi connectivity index (χ4v) is 4.18. The number of rotatable bonds is 2. The van der Waals surface area contributed by atoms with E-state index in [1.54, 1.807) is 0 Å². The number of hydrogen-bond donors (Lipinski definition) is 0.